The first-order valence-electron chi connectivity index (χ1n) is 8.05. The average Bonchev–Trinajstić information content (AvgIpc) is 3.16. The van der Waals surface area contributed by atoms with Crippen LogP contribution in [0.15, 0.2) is 53.1 Å². The summed E-state index contributed by atoms with van der Waals surface area (Å²) < 4.78 is 15.3. The summed E-state index contributed by atoms with van der Waals surface area (Å²) in [5, 5.41) is 15.0. The van der Waals surface area contributed by atoms with E-state index in [0.717, 1.165) is 11.6 Å². The SMILES string of the molecule is CCOc1ccc(C(=O)OCc2nc(-c3ccccc3)no2)cc1[N+](=O)[O-]. The van der Waals surface area contributed by atoms with Gasteiger partial charge in [-0.3, -0.25) is 10.1 Å². The molecule has 27 heavy (non-hydrogen) atoms. The van der Waals surface area contributed by atoms with Gasteiger partial charge in [0.1, 0.15) is 0 Å². The van der Waals surface area contributed by atoms with Crippen molar-refractivity contribution in [2.24, 2.45) is 0 Å². The van der Waals surface area contributed by atoms with Gasteiger partial charge in [-0.05, 0) is 19.1 Å². The number of aromatic nitrogens is 2. The second kappa shape index (κ2) is 8.09. The zero-order chi connectivity index (χ0) is 19.2. The summed E-state index contributed by atoms with van der Waals surface area (Å²) in [6.45, 7) is 1.73. The molecule has 1 aromatic heterocycles. The minimum absolute atomic E-state index is 0.0213. The van der Waals surface area contributed by atoms with E-state index in [1.54, 1.807) is 6.92 Å². The van der Waals surface area contributed by atoms with E-state index < -0.39 is 10.9 Å². The maximum Gasteiger partial charge on any atom is 0.338 e. The smallest absolute Gasteiger partial charge is 0.338 e. The van der Waals surface area contributed by atoms with E-state index in [0.29, 0.717) is 5.82 Å². The summed E-state index contributed by atoms with van der Waals surface area (Å²) in [6, 6.07) is 13.0. The Kier molecular flexibility index (Phi) is 5.41. The second-order valence-corrected chi connectivity index (χ2v) is 5.33. The van der Waals surface area contributed by atoms with E-state index in [4.69, 9.17) is 14.0 Å². The van der Waals surface area contributed by atoms with Gasteiger partial charge < -0.3 is 14.0 Å². The molecule has 3 aromatic rings. The molecular weight excluding hydrogens is 354 g/mol. The molecule has 1 heterocycles. The molecule has 0 atom stereocenters. The molecular formula is C18H15N3O6. The molecule has 0 saturated heterocycles. The molecule has 0 aliphatic heterocycles. The van der Waals surface area contributed by atoms with Crippen LogP contribution in [-0.4, -0.2) is 27.6 Å². The molecule has 0 aliphatic rings. The average molecular weight is 369 g/mol. The van der Waals surface area contributed by atoms with Crippen LogP contribution in [0.1, 0.15) is 23.2 Å². The molecule has 0 amide bonds. The predicted molar refractivity (Wildman–Crippen MR) is 93.1 cm³/mol. The fourth-order valence-corrected chi connectivity index (χ4v) is 2.29. The number of carbonyl (C=O) groups is 1. The monoisotopic (exact) mass is 369 g/mol. The Balaban J connectivity index is 1.68. The van der Waals surface area contributed by atoms with Crippen LogP contribution in [0.5, 0.6) is 5.75 Å². The quantitative estimate of drug-likeness (QED) is 0.353. The Bertz CT molecular complexity index is 955. The number of hydrogen-bond donors (Lipinski definition) is 0. The van der Waals surface area contributed by atoms with Crippen molar-refractivity contribution in [3.05, 3.63) is 70.1 Å². The van der Waals surface area contributed by atoms with Crippen molar-refractivity contribution in [1.82, 2.24) is 10.1 Å². The lowest BCUT2D eigenvalue weighted by Gasteiger charge is -2.06. The molecule has 138 valence electrons. The third kappa shape index (κ3) is 4.27. The van der Waals surface area contributed by atoms with Crippen LogP contribution in [0, 0.1) is 10.1 Å². The fraction of sp³-hybridized carbons (Fsp3) is 0.167. The highest BCUT2D eigenvalue weighted by Gasteiger charge is 2.20. The highest BCUT2D eigenvalue weighted by atomic mass is 16.6. The molecule has 2 aromatic carbocycles. The van der Waals surface area contributed by atoms with Crippen molar-refractivity contribution in [2.75, 3.05) is 6.61 Å². The standard InChI is InChI=1S/C18H15N3O6/c1-2-25-15-9-8-13(10-14(15)21(23)24)18(22)26-11-16-19-17(20-27-16)12-6-4-3-5-7-12/h3-10H,2,11H2,1H3. The predicted octanol–water partition coefficient (Wildman–Crippen LogP) is 3.40. The van der Waals surface area contributed by atoms with Crippen molar-refractivity contribution >= 4 is 11.7 Å². The number of rotatable bonds is 7. The third-order valence-corrected chi connectivity index (χ3v) is 3.52. The molecule has 0 radical (unpaired) electrons. The molecule has 0 spiro atoms. The fourth-order valence-electron chi connectivity index (χ4n) is 2.29. The van der Waals surface area contributed by atoms with E-state index in [2.05, 4.69) is 10.1 Å². The van der Waals surface area contributed by atoms with Gasteiger partial charge in [0.05, 0.1) is 17.1 Å². The number of ether oxygens (including phenoxy) is 2. The zero-order valence-corrected chi connectivity index (χ0v) is 14.3. The molecule has 9 heteroatoms. The van der Waals surface area contributed by atoms with Gasteiger partial charge in [0, 0.05) is 11.6 Å². The second-order valence-electron chi connectivity index (χ2n) is 5.33. The van der Waals surface area contributed by atoms with Crippen molar-refractivity contribution in [2.45, 2.75) is 13.5 Å². The molecule has 0 fully saturated rings. The minimum Gasteiger partial charge on any atom is -0.487 e. The van der Waals surface area contributed by atoms with E-state index >= 15 is 0 Å². The molecule has 0 saturated carbocycles. The van der Waals surface area contributed by atoms with E-state index in [9.17, 15) is 14.9 Å². The highest BCUT2D eigenvalue weighted by Crippen LogP contribution is 2.28. The van der Waals surface area contributed by atoms with Gasteiger partial charge in [-0.1, -0.05) is 35.5 Å². The van der Waals surface area contributed by atoms with Crippen LogP contribution < -0.4 is 4.74 Å². The molecule has 0 aliphatic carbocycles. The van der Waals surface area contributed by atoms with Gasteiger partial charge in [-0.25, -0.2) is 4.79 Å². The van der Waals surface area contributed by atoms with Gasteiger partial charge in [0.25, 0.3) is 5.89 Å². The van der Waals surface area contributed by atoms with Crippen molar-refractivity contribution in [3.63, 3.8) is 0 Å². The number of nitro benzene ring substituents is 1. The molecule has 0 N–H and O–H groups in total. The molecule has 0 unspecified atom stereocenters. The largest absolute Gasteiger partial charge is 0.487 e. The number of benzene rings is 2. The molecule has 3 rings (SSSR count). The highest BCUT2D eigenvalue weighted by molar-refractivity contribution is 5.90. The summed E-state index contributed by atoms with van der Waals surface area (Å²) in [4.78, 5) is 26.8. The van der Waals surface area contributed by atoms with Crippen LogP contribution in [0.3, 0.4) is 0 Å². The lowest BCUT2D eigenvalue weighted by molar-refractivity contribution is -0.385. The minimum atomic E-state index is -0.749. The van der Waals surface area contributed by atoms with E-state index in [1.165, 1.54) is 12.1 Å². The first-order valence-corrected chi connectivity index (χ1v) is 8.05. The van der Waals surface area contributed by atoms with Crippen LogP contribution in [0.25, 0.3) is 11.4 Å². The topological polar surface area (TPSA) is 118 Å². The maximum absolute atomic E-state index is 12.2. The van der Waals surface area contributed by atoms with Crippen molar-refractivity contribution in [3.8, 4) is 17.1 Å². The summed E-state index contributed by atoms with van der Waals surface area (Å²) in [7, 11) is 0. The Morgan fingerprint density at radius 3 is 2.70 bits per heavy atom. The van der Waals surface area contributed by atoms with Gasteiger partial charge >= 0.3 is 11.7 Å². The van der Waals surface area contributed by atoms with E-state index in [1.807, 2.05) is 30.3 Å². The van der Waals surface area contributed by atoms with Crippen LogP contribution >= 0.6 is 0 Å². The summed E-state index contributed by atoms with van der Waals surface area (Å²) in [6.07, 6.45) is 0. The van der Waals surface area contributed by atoms with Crippen LogP contribution in [0.4, 0.5) is 5.69 Å². The van der Waals surface area contributed by atoms with Gasteiger partial charge in [0.15, 0.2) is 12.4 Å². The Morgan fingerprint density at radius 2 is 2.00 bits per heavy atom. The number of esters is 1. The maximum atomic E-state index is 12.2. The van der Waals surface area contributed by atoms with Gasteiger partial charge in [-0.2, -0.15) is 4.98 Å². The summed E-state index contributed by atoms with van der Waals surface area (Å²) >= 11 is 0. The Labute approximate surface area is 153 Å². The van der Waals surface area contributed by atoms with Gasteiger partial charge in [0.2, 0.25) is 5.82 Å². The molecule has 0 bridgehead atoms. The Morgan fingerprint density at radius 1 is 1.22 bits per heavy atom. The van der Waals surface area contributed by atoms with Crippen LogP contribution in [-0.2, 0) is 11.3 Å². The number of hydrogen-bond acceptors (Lipinski definition) is 8. The van der Waals surface area contributed by atoms with Crippen LogP contribution in [0.2, 0.25) is 0 Å². The van der Waals surface area contributed by atoms with E-state index in [-0.39, 0.29) is 36.1 Å². The Hall–Kier alpha value is -3.75. The lowest BCUT2D eigenvalue weighted by atomic mass is 10.2. The number of carbonyl (C=O) groups excluding carboxylic acids is 1. The first-order chi connectivity index (χ1) is 13.1. The number of nitro groups is 1. The van der Waals surface area contributed by atoms with Crippen molar-refractivity contribution < 1.29 is 23.7 Å². The zero-order valence-electron chi connectivity index (χ0n) is 14.3. The summed E-state index contributed by atoms with van der Waals surface area (Å²) in [5.41, 5.74) is 0.476. The van der Waals surface area contributed by atoms with Crippen molar-refractivity contribution in [1.29, 1.82) is 0 Å². The lowest BCUT2D eigenvalue weighted by Crippen LogP contribution is -2.07. The molecule has 9 nitrogen and oxygen atoms in total. The third-order valence-electron chi connectivity index (χ3n) is 3.52. The summed E-state index contributed by atoms with van der Waals surface area (Å²) in [5.74, 6) is -0.176. The number of nitrogens with zero attached hydrogens (tertiary/aromatic N) is 3. The van der Waals surface area contributed by atoms with Gasteiger partial charge in [-0.15, -0.1) is 0 Å². The normalized spacial score (nSPS) is 10.4. The first kappa shape index (κ1) is 18.1.